The van der Waals surface area contributed by atoms with E-state index in [9.17, 15) is 13.2 Å². The number of hydrogen-bond acceptors (Lipinski definition) is 5. The molecule has 26 heavy (non-hydrogen) atoms. The second kappa shape index (κ2) is 7.63. The molecule has 0 amide bonds. The third kappa shape index (κ3) is 4.16. The van der Waals surface area contributed by atoms with Gasteiger partial charge in [0.25, 0.3) is 0 Å². The highest BCUT2D eigenvalue weighted by Gasteiger charge is 2.31. The van der Waals surface area contributed by atoms with Gasteiger partial charge in [-0.1, -0.05) is 13.8 Å². The Morgan fingerprint density at radius 1 is 1.15 bits per heavy atom. The number of carbonyl (C=O) groups is 1. The first-order chi connectivity index (χ1) is 12.4. The summed E-state index contributed by atoms with van der Waals surface area (Å²) in [4.78, 5) is 12.3. The van der Waals surface area contributed by atoms with Crippen LogP contribution < -0.4 is 0 Å². The van der Waals surface area contributed by atoms with Crippen molar-refractivity contribution < 1.29 is 22.4 Å². The highest BCUT2D eigenvalue weighted by Crippen LogP contribution is 2.26. The minimum Gasteiger partial charge on any atom is -0.466 e. The van der Waals surface area contributed by atoms with Crippen molar-refractivity contribution in [2.75, 3.05) is 13.1 Å². The van der Waals surface area contributed by atoms with Crippen LogP contribution in [0.5, 0.6) is 0 Å². The van der Waals surface area contributed by atoms with Crippen molar-refractivity contribution >= 4 is 16.0 Å². The van der Waals surface area contributed by atoms with E-state index in [0.29, 0.717) is 36.2 Å². The van der Waals surface area contributed by atoms with E-state index in [4.69, 9.17) is 9.15 Å². The molecule has 0 radical (unpaired) electrons. The summed E-state index contributed by atoms with van der Waals surface area (Å²) in [6.07, 6.45) is 2.54. The zero-order valence-corrected chi connectivity index (χ0v) is 15.7. The molecule has 3 rings (SSSR count). The Morgan fingerprint density at radius 3 is 2.38 bits per heavy atom. The fourth-order valence-corrected chi connectivity index (χ4v) is 5.01. The average molecular weight is 377 g/mol. The third-order valence-corrected chi connectivity index (χ3v) is 6.33. The second-order valence-electron chi connectivity index (χ2n) is 6.95. The minimum absolute atomic E-state index is 0.0371. The smallest absolute Gasteiger partial charge is 0.338 e. The Morgan fingerprint density at radius 2 is 1.81 bits per heavy atom. The average Bonchev–Trinajstić information content (AvgIpc) is 3.12. The fourth-order valence-electron chi connectivity index (χ4n) is 3.33. The first kappa shape index (κ1) is 18.7. The molecule has 0 unspecified atom stereocenters. The van der Waals surface area contributed by atoms with Crippen LogP contribution in [0.25, 0.3) is 0 Å². The predicted octanol–water partition coefficient (Wildman–Crippen LogP) is 3.30. The number of benzene rings is 1. The molecule has 1 aliphatic heterocycles. The monoisotopic (exact) mass is 377 g/mol. The second-order valence-corrected chi connectivity index (χ2v) is 8.89. The van der Waals surface area contributed by atoms with Crippen LogP contribution >= 0.6 is 0 Å². The number of ether oxygens (including phenoxy) is 1. The molecule has 2 heterocycles. The maximum Gasteiger partial charge on any atom is 0.338 e. The number of nitrogens with zero attached hydrogens (tertiary/aromatic N) is 1. The van der Waals surface area contributed by atoms with Gasteiger partial charge in [0.05, 0.1) is 16.7 Å². The Labute approximate surface area is 153 Å². The van der Waals surface area contributed by atoms with Gasteiger partial charge in [0.1, 0.15) is 12.4 Å². The van der Waals surface area contributed by atoms with Gasteiger partial charge in [-0.05, 0) is 54.7 Å². The third-order valence-electron chi connectivity index (χ3n) is 4.49. The highest BCUT2D eigenvalue weighted by atomic mass is 32.2. The van der Waals surface area contributed by atoms with Crippen LogP contribution in [0.1, 0.15) is 36.4 Å². The molecule has 1 aromatic carbocycles. The summed E-state index contributed by atoms with van der Waals surface area (Å²) >= 11 is 0. The van der Waals surface area contributed by atoms with Gasteiger partial charge < -0.3 is 9.15 Å². The Hall–Kier alpha value is -2.12. The molecule has 0 bridgehead atoms. The fraction of sp³-hybridized carbons (Fsp3) is 0.421. The van der Waals surface area contributed by atoms with Gasteiger partial charge in [0, 0.05) is 13.1 Å². The molecular weight excluding hydrogens is 354 g/mol. The van der Waals surface area contributed by atoms with E-state index in [1.807, 2.05) is 0 Å². The van der Waals surface area contributed by atoms with E-state index in [-0.39, 0.29) is 11.5 Å². The summed E-state index contributed by atoms with van der Waals surface area (Å²) in [5.74, 6) is 0.699. The zero-order chi connectivity index (χ0) is 18.7. The van der Waals surface area contributed by atoms with E-state index in [2.05, 4.69) is 13.8 Å². The van der Waals surface area contributed by atoms with Gasteiger partial charge in [-0.25, -0.2) is 13.2 Å². The number of piperidine rings is 1. The Balaban J connectivity index is 1.69. The van der Waals surface area contributed by atoms with E-state index in [0.717, 1.165) is 6.42 Å². The van der Waals surface area contributed by atoms with Crippen LogP contribution in [-0.4, -0.2) is 31.8 Å². The highest BCUT2D eigenvalue weighted by molar-refractivity contribution is 7.89. The van der Waals surface area contributed by atoms with Gasteiger partial charge in [0.15, 0.2) is 0 Å². The van der Waals surface area contributed by atoms with Crippen molar-refractivity contribution in [1.82, 2.24) is 4.31 Å². The van der Waals surface area contributed by atoms with Gasteiger partial charge >= 0.3 is 5.97 Å². The first-order valence-electron chi connectivity index (χ1n) is 8.66. The molecule has 2 atom stereocenters. The van der Waals surface area contributed by atoms with Crippen molar-refractivity contribution in [3.8, 4) is 0 Å². The van der Waals surface area contributed by atoms with Crippen molar-refractivity contribution in [1.29, 1.82) is 0 Å². The van der Waals surface area contributed by atoms with Crippen LogP contribution in [0.3, 0.4) is 0 Å². The van der Waals surface area contributed by atoms with E-state index in [1.54, 1.807) is 12.1 Å². The molecule has 2 aromatic rings. The van der Waals surface area contributed by atoms with Crippen LogP contribution in [-0.2, 0) is 21.4 Å². The van der Waals surface area contributed by atoms with Gasteiger partial charge in [-0.3, -0.25) is 0 Å². The lowest BCUT2D eigenvalue weighted by Crippen LogP contribution is -2.42. The van der Waals surface area contributed by atoms with Gasteiger partial charge in [-0.2, -0.15) is 4.31 Å². The Bertz CT molecular complexity index is 833. The number of carbonyl (C=O) groups excluding carboxylic acids is 1. The lowest BCUT2D eigenvalue weighted by Gasteiger charge is -2.34. The van der Waals surface area contributed by atoms with Crippen LogP contribution in [0.2, 0.25) is 0 Å². The number of furan rings is 1. The molecule has 0 spiro atoms. The SMILES string of the molecule is C[C@@H]1C[C@H](C)CN(S(=O)(=O)c2ccc(C(=O)OCc3ccco3)cc2)C1. The normalized spacial score (nSPS) is 21.5. The molecule has 140 valence electrons. The number of sulfonamides is 1. The lowest BCUT2D eigenvalue weighted by atomic mass is 9.94. The maximum atomic E-state index is 12.8. The molecule has 6 nitrogen and oxygen atoms in total. The molecule has 7 heteroatoms. The lowest BCUT2D eigenvalue weighted by molar-refractivity contribution is 0.0445. The maximum absolute atomic E-state index is 12.8. The van der Waals surface area contributed by atoms with E-state index >= 15 is 0 Å². The molecule has 0 aliphatic carbocycles. The van der Waals surface area contributed by atoms with Crippen molar-refractivity contribution in [2.24, 2.45) is 11.8 Å². The molecule has 1 aliphatic rings. The predicted molar refractivity (Wildman–Crippen MR) is 96.0 cm³/mol. The van der Waals surface area contributed by atoms with E-state index in [1.165, 1.54) is 34.8 Å². The zero-order valence-electron chi connectivity index (χ0n) is 14.9. The molecule has 0 saturated carbocycles. The standard InChI is InChI=1S/C19H23NO5S/c1-14-10-15(2)12-20(11-14)26(22,23)18-7-5-16(6-8-18)19(21)25-13-17-4-3-9-24-17/h3-9,14-15H,10-13H2,1-2H3/t14-,15+. The van der Waals surface area contributed by atoms with Crippen LogP contribution in [0.15, 0.2) is 52.0 Å². The molecule has 0 N–H and O–H groups in total. The molecular formula is C19H23NO5S. The summed E-state index contributed by atoms with van der Waals surface area (Å²) in [5, 5.41) is 0. The summed E-state index contributed by atoms with van der Waals surface area (Å²) in [5.41, 5.74) is 0.302. The first-order valence-corrected chi connectivity index (χ1v) is 10.1. The summed E-state index contributed by atoms with van der Waals surface area (Å²) in [6.45, 7) is 5.22. The summed E-state index contributed by atoms with van der Waals surface area (Å²) in [7, 11) is -3.55. The molecule has 1 aromatic heterocycles. The topological polar surface area (TPSA) is 76.8 Å². The number of rotatable bonds is 5. The van der Waals surface area contributed by atoms with Crippen molar-refractivity contribution in [3.05, 3.63) is 54.0 Å². The molecule has 1 saturated heterocycles. The summed E-state index contributed by atoms with van der Waals surface area (Å²) < 4.78 is 37.5. The molecule has 1 fully saturated rings. The van der Waals surface area contributed by atoms with Gasteiger partial charge in [0.2, 0.25) is 10.0 Å². The minimum atomic E-state index is -3.55. The number of hydrogen-bond donors (Lipinski definition) is 0. The van der Waals surface area contributed by atoms with E-state index < -0.39 is 16.0 Å². The number of esters is 1. The van der Waals surface area contributed by atoms with Gasteiger partial charge in [-0.15, -0.1) is 0 Å². The van der Waals surface area contributed by atoms with Crippen molar-refractivity contribution in [2.45, 2.75) is 31.8 Å². The summed E-state index contributed by atoms with van der Waals surface area (Å²) in [6, 6.07) is 9.31. The Kier molecular flexibility index (Phi) is 5.48. The van der Waals surface area contributed by atoms with Crippen molar-refractivity contribution in [3.63, 3.8) is 0 Å². The quantitative estimate of drug-likeness (QED) is 0.747. The van der Waals surface area contributed by atoms with Crippen LogP contribution in [0, 0.1) is 11.8 Å². The largest absolute Gasteiger partial charge is 0.466 e. The van der Waals surface area contributed by atoms with Crippen LogP contribution in [0.4, 0.5) is 0 Å².